The fourth-order valence-electron chi connectivity index (χ4n) is 2.76. The average Bonchev–Trinajstić information content (AvgIpc) is 3.39. The van der Waals surface area contributed by atoms with Crippen LogP contribution in [0.5, 0.6) is 5.75 Å². The highest BCUT2D eigenvalue weighted by Crippen LogP contribution is 2.26. The van der Waals surface area contributed by atoms with Crippen molar-refractivity contribution in [3.05, 3.63) is 77.4 Å². The number of aromatic nitrogens is 4. The SMILES string of the molecule is CCOc1ccc(-c2csc(NC(=O)c3cn(Cc4ccccc4)nn3)n2)cc1. The molecule has 0 atom stereocenters. The summed E-state index contributed by atoms with van der Waals surface area (Å²) in [5.41, 5.74) is 3.09. The number of hydrogen-bond acceptors (Lipinski definition) is 6. The van der Waals surface area contributed by atoms with Crippen molar-refractivity contribution in [2.45, 2.75) is 13.5 Å². The minimum atomic E-state index is -0.336. The average molecular weight is 405 g/mol. The molecule has 0 aliphatic carbocycles. The van der Waals surface area contributed by atoms with E-state index >= 15 is 0 Å². The van der Waals surface area contributed by atoms with Crippen molar-refractivity contribution in [1.29, 1.82) is 0 Å². The molecule has 0 radical (unpaired) electrons. The topological polar surface area (TPSA) is 81.9 Å². The summed E-state index contributed by atoms with van der Waals surface area (Å²) in [7, 11) is 0. The number of carbonyl (C=O) groups is 1. The Balaban J connectivity index is 1.40. The van der Waals surface area contributed by atoms with Gasteiger partial charge < -0.3 is 4.74 Å². The molecule has 0 unspecified atom stereocenters. The Morgan fingerprint density at radius 3 is 2.69 bits per heavy atom. The van der Waals surface area contributed by atoms with Crippen molar-refractivity contribution in [1.82, 2.24) is 20.0 Å². The lowest BCUT2D eigenvalue weighted by atomic mass is 10.2. The molecule has 29 heavy (non-hydrogen) atoms. The Labute approximate surface area is 172 Å². The first-order valence-electron chi connectivity index (χ1n) is 9.15. The van der Waals surface area contributed by atoms with Crippen LogP contribution >= 0.6 is 11.3 Å². The van der Waals surface area contributed by atoms with E-state index in [-0.39, 0.29) is 11.6 Å². The van der Waals surface area contributed by atoms with Gasteiger partial charge in [-0.2, -0.15) is 0 Å². The number of ether oxygens (including phenoxy) is 1. The van der Waals surface area contributed by atoms with Crippen LogP contribution in [-0.2, 0) is 6.54 Å². The van der Waals surface area contributed by atoms with Gasteiger partial charge in [0.05, 0.1) is 25.0 Å². The van der Waals surface area contributed by atoms with Crippen LogP contribution < -0.4 is 10.1 Å². The van der Waals surface area contributed by atoms with E-state index in [0.29, 0.717) is 18.3 Å². The molecule has 1 N–H and O–H groups in total. The second-order valence-electron chi connectivity index (χ2n) is 6.24. The molecule has 0 fully saturated rings. The molecule has 8 heteroatoms. The van der Waals surface area contributed by atoms with Gasteiger partial charge in [-0.3, -0.25) is 10.1 Å². The van der Waals surface area contributed by atoms with Crippen LogP contribution in [0.1, 0.15) is 23.0 Å². The summed E-state index contributed by atoms with van der Waals surface area (Å²) in [6.07, 6.45) is 1.63. The molecule has 2 aromatic carbocycles. The first-order valence-corrected chi connectivity index (χ1v) is 10.0. The molecular weight excluding hydrogens is 386 g/mol. The van der Waals surface area contributed by atoms with E-state index in [1.54, 1.807) is 10.9 Å². The molecule has 1 amide bonds. The van der Waals surface area contributed by atoms with Crippen LogP contribution in [0.25, 0.3) is 11.3 Å². The molecule has 0 spiro atoms. The molecule has 0 saturated heterocycles. The highest BCUT2D eigenvalue weighted by molar-refractivity contribution is 7.14. The minimum absolute atomic E-state index is 0.249. The molecule has 2 aromatic heterocycles. The van der Waals surface area contributed by atoms with E-state index in [0.717, 1.165) is 22.6 Å². The maximum atomic E-state index is 12.5. The zero-order valence-corrected chi connectivity index (χ0v) is 16.6. The quantitative estimate of drug-likeness (QED) is 0.501. The van der Waals surface area contributed by atoms with Crippen LogP contribution in [0.3, 0.4) is 0 Å². The number of rotatable bonds is 7. The lowest BCUT2D eigenvalue weighted by Gasteiger charge is -2.03. The van der Waals surface area contributed by atoms with Crippen molar-refractivity contribution < 1.29 is 9.53 Å². The van der Waals surface area contributed by atoms with E-state index in [9.17, 15) is 4.79 Å². The van der Waals surface area contributed by atoms with Gasteiger partial charge in [0.1, 0.15) is 5.75 Å². The molecule has 0 bridgehead atoms. The Bertz CT molecular complexity index is 1090. The molecule has 2 heterocycles. The number of thiazole rings is 1. The van der Waals surface area contributed by atoms with Crippen LogP contribution in [0.15, 0.2) is 66.2 Å². The number of carbonyl (C=O) groups excluding carboxylic acids is 1. The number of hydrogen-bond donors (Lipinski definition) is 1. The monoisotopic (exact) mass is 405 g/mol. The molecule has 4 rings (SSSR count). The summed E-state index contributed by atoms with van der Waals surface area (Å²) in [5, 5.41) is 13.2. The third-order valence-corrected chi connectivity index (χ3v) is 4.90. The number of amides is 1. The maximum Gasteiger partial charge on any atom is 0.279 e. The summed E-state index contributed by atoms with van der Waals surface area (Å²) in [6, 6.07) is 17.6. The van der Waals surface area contributed by atoms with E-state index < -0.39 is 0 Å². The van der Waals surface area contributed by atoms with Gasteiger partial charge in [0.2, 0.25) is 0 Å². The Kier molecular flexibility index (Phi) is 5.62. The van der Waals surface area contributed by atoms with Gasteiger partial charge in [-0.25, -0.2) is 9.67 Å². The zero-order valence-electron chi connectivity index (χ0n) is 15.8. The van der Waals surface area contributed by atoms with Crippen LogP contribution in [0, 0.1) is 0 Å². The third kappa shape index (κ3) is 4.67. The minimum Gasteiger partial charge on any atom is -0.494 e. The normalized spacial score (nSPS) is 10.7. The first kappa shape index (κ1) is 18.8. The lowest BCUT2D eigenvalue weighted by Crippen LogP contribution is -2.12. The Morgan fingerprint density at radius 2 is 1.93 bits per heavy atom. The lowest BCUT2D eigenvalue weighted by molar-refractivity contribution is 0.102. The Morgan fingerprint density at radius 1 is 1.14 bits per heavy atom. The van der Waals surface area contributed by atoms with E-state index in [1.807, 2.05) is 66.9 Å². The van der Waals surface area contributed by atoms with E-state index in [2.05, 4.69) is 20.6 Å². The smallest absolute Gasteiger partial charge is 0.279 e. The summed E-state index contributed by atoms with van der Waals surface area (Å²) in [5.74, 6) is 0.482. The van der Waals surface area contributed by atoms with Crippen molar-refractivity contribution >= 4 is 22.4 Å². The van der Waals surface area contributed by atoms with Crippen molar-refractivity contribution in [2.24, 2.45) is 0 Å². The highest BCUT2D eigenvalue weighted by Gasteiger charge is 2.14. The van der Waals surface area contributed by atoms with E-state index in [1.165, 1.54) is 11.3 Å². The summed E-state index contributed by atoms with van der Waals surface area (Å²) in [6.45, 7) is 3.13. The van der Waals surface area contributed by atoms with Crippen molar-refractivity contribution in [2.75, 3.05) is 11.9 Å². The predicted octanol–water partition coefficient (Wildman–Crippen LogP) is 4.10. The van der Waals surface area contributed by atoms with Gasteiger partial charge in [0.25, 0.3) is 5.91 Å². The summed E-state index contributed by atoms with van der Waals surface area (Å²) in [4.78, 5) is 17.0. The van der Waals surface area contributed by atoms with Gasteiger partial charge in [-0.15, -0.1) is 16.4 Å². The number of nitrogens with zero attached hydrogens (tertiary/aromatic N) is 4. The van der Waals surface area contributed by atoms with E-state index in [4.69, 9.17) is 4.74 Å². The molecule has 0 aliphatic heterocycles. The van der Waals surface area contributed by atoms with Crippen molar-refractivity contribution in [3.8, 4) is 17.0 Å². The molecule has 7 nitrogen and oxygen atoms in total. The van der Waals surface area contributed by atoms with Crippen molar-refractivity contribution in [3.63, 3.8) is 0 Å². The number of nitrogens with one attached hydrogen (secondary N) is 1. The summed E-state index contributed by atoms with van der Waals surface area (Å²) >= 11 is 1.36. The zero-order chi connectivity index (χ0) is 20.1. The second kappa shape index (κ2) is 8.66. The van der Waals surface area contributed by atoms with Gasteiger partial charge in [0.15, 0.2) is 10.8 Å². The molecule has 0 aliphatic rings. The highest BCUT2D eigenvalue weighted by atomic mass is 32.1. The molecule has 146 valence electrons. The predicted molar refractivity (Wildman–Crippen MR) is 112 cm³/mol. The van der Waals surface area contributed by atoms with Crippen LogP contribution in [0.4, 0.5) is 5.13 Å². The van der Waals surface area contributed by atoms with Crippen LogP contribution in [0.2, 0.25) is 0 Å². The standard InChI is InChI=1S/C21H19N5O2S/c1-2-28-17-10-8-16(9-11-17)19-14-29-21(22-19)23-20(27)18-13-26(25-24-18)12-15-6-4-3-5-7-15/h3-11,13-14H,2,12H2,1H3,(H,22,23,27). The third-order valence-electron chi connectivity index (χ3n) is 4.14. The van der Waals surface area contributed by atoms with Gasteiger partial charge in [-0.1, -0.05) is 35.5 Å². The van der Waals surface area contributed by atoms with Gasteiger partial charge in [0, 0.05) is 10.9 Å². The van der Waals surface area contributed by atoms with Crippen LogP contribution in [-0.4, -0.2) is 32.5 Å². The molecule has 0 saturated carbocycles. The fraction of sp³-hybridized carbons (Fsp3) is 0.143. The first-order chi connectivity index (χ1) is 14.2. The number of anilines is 1. The van der Waals surface area contributed by atoms with Gasteiger partial charge >= 0.3 is 0 Å². The summed E-state index contributed by atoms with van der Waals surface area (Å²) < 4.78 is 7.09. The van der Waals surface area contributed by atoms with Gasteiger partial charge in [-0.05, 0) is 36.8 Å². The number of benzene rings is 2. The molecule has 4 aromatic rings. The Hall–Kier alpha value is -3.52. The second-order valence-corrected chi connectivity index (χ2v) is 7.09. The maximum absolute atomic E-state index is 12.5. The largest absolute Gasteiger partial charge is 0.494 e. The fourth-order valence-corrected chi connectivity index (χ4v) is 3.48. The molecular formula is C21H19N5O2S.